The van der Waals surface area contributed by atoms with E-state index in [1.54, 1.807) is 23.4 Å². The molecule has 0 saturated carbocycles. The van der Waals surface area contributed by atoms with Gasteiger partial charge in [-0.2, -0.15) is 4.31 Å². The summed E-state index contributed by atoms with van der Waals surface area (Å²) in [7, 11) is -3.50. The molecule has 0 spiro atoms. The molecule has 2 N–H and O–H groups in total. The molecule has 1 heterocycles. The maximum Gasteiger partial charge on any atom is 0.243 e. The lowest BCUT2D eigenvalue weighted by Crippen LogP contribution is -2.39. The van der Waals surface area contributed by atoms with Crippen molar-refractivity contribution in [2.75, 3.05) is 5.73 Å². The molecule has 0 amide bonds. The van der Waals surface area contributed by atoms with Crippen LogP contribution in [0.2, 0.25) is 0 Å². The van der Waals surface area contributed by atoms with Crippen LogP contribution in [0, 0.1) is 6.92 Å². The molecule has 0 aromatic heterocycles. The Hall–Kier alpha value is -0.590. The van der Waals surface area contributed by atoms with E-state index in [4.69, 9.17) is 5.73 Å². The second-order valence-electron chi connectivity index (χ2n) is 5.44. The van der Waals surface area contributed by atoms with E-state index >= 15 is 0 Å². The van der Waals surface area contributed by atoms with Gasteiger partial charge in [-0.15, -0.1) is 0 Å². The summed E-state index contributed by atoms with van der Waals surface area (Å²) in [6.45, 7) is 5.77. The lowest BCUT2D eigenvalue weighted by Gasteiger charge is -2.28. The van der Waals surface area contributed by atoms with Crippen LogP contribution in [0.3, 0.4) is 0 Å². The Kier molecular flexibility index (Phi) is 4.47. The van der Waals surface area contributed by atoms with Crippen molar-refractivity contribution in [1.29, 1.82) is 0 Å². The van der Waals surface area contributed by atoms with Crippen molar-refractivity contribution < 1.29 is 8.42 Å². The van der Waals surface area contributed by atoms with Crippen LogP contribution in [0.15, 0.2) is 21.5 Å². The predicted molar refractivity (Wildman–Crippen MR) is 85.1 cm³/mol. The number of nitrogens with two attached hydrogens (primary N) is 1. The minimum atomic E-state index is -3.50. The van der Waals surface area contributed by atoms with Gasteiger partial charge in [-0.05, 0) is 50.8 Å². The van der Waals surface area contributed by atoms with E-state index in [2.05, 4.69) is 15.9 Å². The lowest BCUT2D eigenvalue weighted by atomic mass is 10.2. The summed E-state index contributed by atoms with van der Waals surface area (Å²) >= 11 is 3.33. The Morgan fingerprint density at radius 3 is 2.65 bits per heavy atom. The van der Waals surface area contributed by atoms with E-state index in [0.29, 0.717) is 20.6 Å². The second-order valence-corrected chi connectivity index (χ2v) is 8.17. The summed E-state index contributed by atoms with van der Waals surface area (Å²) in [5.74, 6) is 0. The average Bonchev–Trinajstić information content (AvgIpc) is 2.75. The maximum atomic E-state index is 13.0. The molecule has 2 rings (SSSR count). The Labute approximate surface area is 129 Å². The second kappa shape index (κ2) is 5.66. The fourth-order valence-electron chi connectivity index (χ4n) is 2.92. The molecule has 1 aliphatic heterocycles. The summed E-state index contributed by atoms with van der Waals surface area (Å²) in [6.07, 6.45) is 2.69. The van der Waals surface area contributed by atoms with Gasteiger partial charge in [-0.3, -0.25) is 0 Å². The Morgan fingerprint density at radius 1 is 1.40 bits per heavy atom. The molecule has 0 radical (unpaired) electrons. The SMILES string of the molecule is CCC1CCC(C)N1S(=O)(=O)c1cc(Br)cc(N)c1C. The number of anilines is 1. The quantitative estimate of drug-likeness (QED) is 0.841. The van der Waals surface area contributed by atoms with Crippen molar-refractivity contribution in [2.24, 2.45) is 0 Å². The zero-order valence-corrected chi connectivity index (χ0v) is 14.5. The van der Waals surface area contributed by atoms with Gasteiger partial charge in [0.2, 0.25) is 10.0 Å². The Morgan fingerprint density at radius 2 is 2.05 bits per heavy atom. The molecule has 112 valence electrons. The molecular formula is C14H21BrN2O2S. The first-order valence-electron chi connectivity index (χ1n) is 6.88. The smallest absolute Gasteiger partial charge is 0.243 e. The van der Waals surface area contributed by atoms with Crippen LogP contribution < -0.4 is 5.73 Å². The molecule has 4 nitrogen and oxygen atoms in total. The summed E-state index contributed by atoms with van der Waals surface area (Å²) in [6, 6.07) is 3.52. The fourth-order valence-corrected chi connectivity index (χ4v) is 5.78. The molecule has 1 aliphatic rings. The molecule has 1 saturated heterocycles. The predicted octanol–water partition coefficient (Wildman–Crippen LogP) is 3.29. The van der Waals surface area contributed by atoms with Gasteiger partial charge in [-0.1, -0.05) is 22.9 Å². The highest BCUT2D eigenvalue weighted by atomic mass is 79.9. The number of benzene rings is 1. The van der Waals surface area contributed by atoms with Gasteiger partial charge < -0.3 is 5.73 Å². The van der Waals surface area contributed by atoms with E-state index in [0.717, 1.165) is 19.3 Å². The largest absolute Gasteiger partial charge is 0.398 e. The summed E-state index contributed by atoms with van der Waals surface area (Å²) in [5.41, 5.74) is 7.03. The lowest BCUT2D eigenvalue weighted by molar-refractivity contribution is 0.328. The molecule has 0 aliphatic carbocycles. The highest BCUT2D eigenvalue weighted by Gasteiger charge is 2.39. The first-order valence-corrected chi connectivity index (χ1v) is 9.11. The molecule has 1 fully saturated rings. The number of nitrogens with zero attached hydrogens (tertiary/aromatic N) is 1. The summed E-state index contributed by atoms with van der Waals surface area (Å²) < 4.78 is 28.3. The zero-order chi connectivity index (χ0) is 15.1. The van der Waals surface area contributed by atoms with Gasteiger partial charge in [0.1, 0.15) is 0 Å². The third-order valence-corrected chi connectivity index (χ3v) is 6.75. The normalized spacial score (nSPS) is 24.2. The van der Waals surface area contributed by atoms with Crippen molar-refractivity contribution in [3.05, 3.63) is 22.2 Å². The first kappa shape index (κ1) is 15.8. The molecule has 0 bridgehead atoms. The third-order valence-electron chi connectivity index (χ3n) is 4.10. The van der Waals surface area contributed by atoms with Gasteiger partial charge in [0.05, 0.1) is 4.90 Å². The van der Waals surface area contributed by atoms with Crippen molar-refractivity contribution in [3.63, 3.8) is 0 Å². The van der Waals surface area contributed by atoms with E-state index in [9.17, 15) is 8.42 Å². The number of hydrogen-bond acceptors (Lipinski definition) is 3. The van der Waals surface area contributed by atoms with Gasteiger partial charge in [-0.25, -0.2) is 8.42 Å². The molecule has 1 aromatic rings. The molecule has 2 unspecified atom stereocenters. The van der Waals surface area contributed by atoms with E-state index in [1.165, 1.54) is 0 Å². The van der Waals surface area contributed by atoms with Crippen molar-refractivity contribution >= 4 is 31.6 Å². The van der Waals surface area contributed by atoms with Crippen LogP contribution in [0.5, 0.6) is 0 Å². The highest BCUT2D eigenvalue weighted by molar-refractivity contribution is 9.10. The third kappa shape index (κ3) is 2.61. The fraction of sp³-hybridized carbons (Fsp3) is 0.571. The first-order chi connectivity index (χ1) is 9.28. The van der Waals surface area contributed by atoms with Crippen LogP contribution in [-0.2, 0) is 10.0 Å². The Balaban J connectivity index is 2.55. The van der Waals surface area contributed by atoms with E-state index < -0.39 is 10.0 Å². The number of rotatable bonds is 3. The summed E-state index contributed by atoms with van der Waals surface area (Å²) in [4.78, 5) is 0.316. The van der Waals surface area contributed by atoms with Crippen LogP contribution in [0.25, 0.3) is 0 Å². The van der Waals surface area contributed by atoms with Crippen molar-refractivity contribution in [2.45, 2.75) is 57.0 Å². The number of halogens is 1. The molecule has 1 aromatic carbocycles. The molecule has 2 atom stereocenters. The average molecular weight is 361 g/mol. The van der Waals surface area contributed by atoms with Gasteiger partial charge in [0.15, 0.2) is 0 Å². The maximum absolute atomic E-state index is 13.0. The van der Waals surface area contributed by atoms with Crippen molar-refractivity contribution in [1.82, 2.24) is 4.31 Å². The minimum absolute atomic E-state index is 0.0459. The van der Waals surface area contributed by atoms with Crippen LogP contribution in [0.4, 0.5) is 5.69 Å². The Bertz CT molecular complexity index is 616. The topological polar surface area (TPSA) is 63.4 Å². The van der Waals surface area contributed by atoms with Gasteiger partial charge in [0, 0.05) is 22.2 Å². The number of nitrogen functional groups attached to an aromatic ring is 1. The highest BCUT2D eigenvalue weighted by Crippen LogP contribution is 2.35. The van der Waals surface area contributed by atoms with Gasteiger partial charge >= 0.3 is 0 Å². The minimum Gasteiger partial charge on any atom is -0.398 e. The number of hydrogen-bond donors (Lipinski definition) is 1. The standard InChI is InChI=1S/C14H21BrN2O2S/c1-4-12-6-5-9(2)17(12)20(18,19)14-8-11(15)7-13(16)10(14)3/h7-9,12H,4-6,16H2,1-3H3. The summed E-state index contributed by atoms with van der Waals surface area (Å²) in [5, 5.41) is 0. The van der Waals surface area contributed by atoms with E-state index in [1.807, 2.05) is 13.8 Å². The van der Waals surface area contributed by atoms with E-state index in [-0.39, 0.29) is 12.1 Å². The molecular weight excluding hydrogens is 340 g/mol. The van der Waals surface area contributed by atoms with Crippen LogP contribution in [-0.4, -0.2) is 24.8 Å². The molecule has 20 heavy (non-hydrogen) atoms. The van der Waals surface area contributed by atoms with Crippen molar-refractivity contribution in [3.8, 4) is 0 Å². The number of sulfonamides is 1. The van der Waals surface area contributed by atoms with Crippen LogP contribution in [0.1, 0.15) is 38.7 Å². The molecule has 6 heteroatoms. The van der Waals surface area contributed by atoms with Gasteiger partial charge in [0.25, 0.3) is 0 Å². The monoisotopic (exact) mass is 360 g/mol. The van der Waals surface area contributed by atoms with Crippen LogP contribution >= 0.6 is 15.9 Å². The zero-order valence-electron chi connectivity index (χ0n) is 12.1.